The summed E-state index contributed by atoms with van der Waals surface area (Å²) in [6.07, 6.45) is 3.12. The minimum absolute atomic E-state index is 0.222. The third-order valence-electron chi connectivity index (χ3n) is 1.32. The number of rotatable bonds is 5. The van der Waals surface area contributed by atoms with E-state index in [1.165, 1.54) is 0 Å². The van der Waals surface area contributed by atoms with Crippen LogP contribution in [0.2, 0.25) is 0 Å². The molecule has 0 fully saturated rings. The fourth-order valence-corrected chi connectivity index (χ4v) is 0.851. The molecule has 1 N–H and O–H groups in total. The molecule has 0 saturated carbocycles. The SMILES string of the molecule is CCC[C@@H](C=O)CNC. The Hall–Kier alpha value is -0.370. The van der Waals surface area contributed by atoms with Crippen LogP contribution in [0.5, 0.6) is 0 Å². The summed E-state index contributed by atoms with van der Waals surface area (Å²) in [6.45, 7) is 2.91. The van der Waals surface area contributed by atoms with E-state index in [4.69, 9.17) is 0 Å². The topological polar surface area (TPSA) is 29.1 Å². The maximum Gasteiger partial charge on any atom is 0.124 e. The smallest absolute Gasteiger partial charge is 0.124 e. The van der Waals surface area contributed by atoms with Gasteiger partial charge in [0, 0.05) is 12.5 Å². The van der Waals surface area contributed by atoms with Gasteiger partial charge >= 0.3 is 0 Å². The van der Waals surface area contributed by atoms with Crippen molar-refractivity contribution in [3.63, 3.8) is 0 Å². The predicted molar refractivity (Wildman–Crippen MR) is 38.4 cm³/mol. The van der Waals surface area contributed by atoms with Crippen molar-refractivity contribution in [1.82, 2.24) is 5.32 Å². The molecule has 0 rings (SSSR count). The monoisotopic (exact) mass is 129 g/mol. The molecule has 0 aliphatic heterocycles. The van der Waals surface area contributed by atoms with Crippen molar-refractivity contribution in [3.8, 4) is 0 Å². The standard InChI is InChI=1S/C7H15NO/c1-3-4-7(6-9)5-8-2/h6-8H,3-5H2,1-2H3/t7-/m1/s1. The van der Waals surface area contributed by atoms with Crippen LogP contribution in [0.3, 0.4) is 0 Å². The van der Waals surface area contributed by atoms with Gasteiger partial charge in [0.1, 0.15) is 6.29 Å². The Morgan fingerprint density at radius 1 is 1.67 bits per heavy atom. The largest absolute Gasteiger partial charge is 0.319 e. The molecule has 2 nitrogen and oxygen atoms in total. The molecule has 0 bridgehead atoms. The average Bonchev–Trinajstić information content (AvgIpc) is 1.88. The lowest BCUT2D eigenvalue weighted by atomic mass is 10.1. The van der Waals surface area contributed by atoms with Crippen LogP contribution in [0.15, 0.2) is 0 Å². The summed E-state index contributed by atoms with van der Waals surface area (Å²) in [5.74, 6) is 0.222. The summed E-state index contributed by atoms with van der Waals surface area (Å²) < 4.78 is 0. The van der Waals surface area contributed by atoms with E-state index in [-0.39, 0.29) is 5.92 Å². The highest BCUT2D eigenvalue weighted by molar-refractivity contribution is 5.53. The van der Waals surface area contributed by atoms with Crippen LogP contribution in [0.1, 0.15) is 19.8 Å². The number of carbonyl (C=O) groups excluding carboxylic acids is 1. The van der Waals surface area contributed by atoms with Crippen molar-refractivity contribution >= 4 is 6.29 Å². The first-order chi connectivity index (χ1) is 4.35. The summed E-state index contributed by atoms with van der Waals surface area (Å²) in [7, 11) is 1.87. The van der Waals surface area contributed by atoms with E-state index in [9.17, 15) is 4.79 Å². The summed E-state index contributed by atoms with van der Waals surface area (Å²) >= 11 is 0. The van der Waals surface area contributed by atoms with Crippen LogP contribution in [0.4, 0.5) is 0 Å². The van der Waals surface area contributed by atoms with Crippen molar-refractivity contribution < 1.29 is 4.79 Å². The number of aldehydes is 1. The van der Waals surface area contributed by atoms with Crippen LogP contribution < -0.4 is 5.32 Å². The van der Waals surface area contributed by atoms with Crippen LogP contribution in [-0.2, 0) is 4.79 Å². The maximum absolute atomic E-state index is 10.2. The third kappa shape index (κ3) is 4.15. The zero-order chi connectivity index (χ0) is 7.11. The lowest BCUT2D eigenvalue weighted by molar-refractivity contribution is -0.111. The zero-order valence-electron chi connectivity index (χ0n) is 6.18. The van der Waals surface area contributed by atoms with Crippen molar-refractivity contribution in [2.45, 2.75) is 19.8 Å². The second kappa shape index (κ2) is 5.76. The van der Waals surface area contributed by atoms with E-state index in [0.717, 1.165) is 25.7 Å². The van der Waals surface area contributed by atoms with E-state index >= 15 is 0 Å². The normalized spacial score (nSPS) is 13.1. The Labute approximate surface area is 56.6 Å². The molecular weight excluding hydrogens is 114 g/mol. The second-order valence-electron chi connectivity index (χ2n) is 2.24. The lowest BCUT2D eigenvalue weighted by Crippen LogP contribution is -2.19. The quantitative estimate of drug-likeness (QED) is 0.557. The molecule has 0 heterocycles. The highest BCUT2D eigenvalue weighted by atomic mass is 16.1. The number of carbonyl (C=O) groups is 1. The molecule has 0 aromatic heterocycles. The van der Waals surface area contributed by atoms with Crippen LogP contribution in [-0.4, -0.2) is 19.9 Å². The van der Waals surface area contributed by atoms with E-state index in [1.54, 1.807) is 0 Å². The van der Waals surface area contributed by atoms with Gasteiger partial charge in [-0.3, -0.25) is 0 Å². The minimum atomic E-state index is 0.222. The predicted octanol–water partition coefficient (Wildman–Crippen LogP) is 0.821. The van der Waals surface area contributed by atoms with Crippen molar-refractivity contribution in [2.75, 3.05) is 13.6 Å². The van der Waals surface area contributed by atoms with Gasteiger partial charge in [-0.2, -0.15) is 0 Å². The summed E-state index contributed by atoms with van der Waals surface area (Å²) in [6, 6.07) is 0. The van der Waals surface area contributed by atoms with Crippen molar-refractivity contribution in [2.24, 2.45) is 5.92 Å². The lowest BCUT2D eigenvalue weighted by Gasteiger charge is -2.05. The number of nitrogens with one attached hydrogen (secondary N) is 1. The molecule has 0 aliphatic carbocycles. The number of hydrogen-bond donors (Lipinski definition) is 1. The van der Waals surface area contributed by atoms with E-state index in [2.05, 4.69) is 12.2 Å². The van der Waals surface area contributed by atoms with Gasteiger partial charge in [-0.1, -0.05) is 13.3 Å². The Morgan fingerprint density at radius 3 is 2.67 bits per heavy atom. The summed E-state index contributed by atoms with van der Waals surface area (Å²) in [5.41, 5.74) is 0. The molecule has 0 aromatic rings. The molecule has 0 saturated heterocycles. The van der Waals surface area contributed by atoms with Gasteiger partial charge in [-0.25, -0.2) is 0 Å². The van der Waals surface area contributed by atoms with Crippen LogP contribution in [0.25, 0.3) is 0 Å². The Balaban J connectivity index is 3.29. The summed E-state index contributed by atoms with van der Waals surface area (Å²) in [5, 5.41) is 2.97. The van der Waals surface area contributed by atoms with Gasteiger partial charge in [0.05, 0.1) is 0 Å². The molecule has 0 aliphatic rings. The molecule has 0 unspecified atom stereocenters. The second-order valence-corrected chi connectivity index (χ2v) is 2.24. The Kier molecular flexibility index (Phi) is 5.52. The Morgan fingerprint density at radius 2 is 2.33 bits per heavy atom. The highest BCUT2D eigenvalue weighted by Crippen LogP contribution is 1.99. The van der Waals surface area contributed by atoms with Gasteiger partial charge in [0.25, 0.3) is 0 Å². The average molecular weight is 129 g/mol. The summed E-state index contributed by atoms with van der Waals surface area (Å²) in [4.78, 5) is 10.2. The molecular formula is C7H15NO. The van der Waals surface area contributed by atoms with Crippen LogP contribution >= 0.6 is 0 Å². The van der Waals surface area contributed by atoms with Crippen molar-refractivity contribution in [1.29, 1.82) is 0 Å². The minimum Gasteiger partial charge on any atom is -0.319 e. The van der Waals surface area contributed by atoms with E-state index < -0.39 is 0 Å². The number of hydrogen-bond acceptors (Lipinski definition) is 2. The molecule has 54 valence electrons. The van der Waals surface area contributed by atoms with E-state index in [0.29, 0.717) is 0 Å². The van der Waals surface area contributed by atoms with Gasteiger partial charge in [-0.15, -0.1) is 0 Å². The molecule has 2 heteroatoms. The molecule has 1 atom stereocenters. The van der Waals surface area contributed by atoms with Gasteiger partial charge < -0.3 is 10.1 Å². The van der Waals surface area contributed by atoms with Gasteiger partial charge in [-0.05, 0) is 13.5 Å². The van der Waals surface area contributed by atoms with Gasteiger partial charge in [0.15, 0.2) is 0 Å². The fourth-order valence-electron chi connectivity index (χ4n) is 0.851. The first-order valence-corrected chi connectivity index (χ1v) is 3.45. The molecule has 9 heavy (non-hydrogen) atoms. The molecule has 0 aromatic carbocycles. The highest BCUT2D eigenvalue weighted by Gasteiger charge is 2.02. The zero-order valence-corrected chi connectivity index (χ0v) is 6.18. The molecule has 0 spiro atoms. The molecule has 0 amide bonds. The first-order valence-electron chi connectivity index (χ1n) is 3.45. The third-order valence-corrected chi connectivity index (χ3v) is 1.32. The fraction of sp³-hybridized carbons (Fsp3) is 0.857. The Bertz CT molecular complexity index is 67.3. The first kappa shape index (κ1) is 8.63. The maximum atomic E-state index is 10.2. The van der Waals surface area contributed by atoms with E-state index in [1.807, 2.05) is 7.05 Å². The molecule has 0 radical (unpaired) electrons. The van der Waals surface area contributed by atoms with Crippen molar-refractivity contribution in [3.05, 3.63) is 0 Å². The van der Waals surface area contributed by atoms with Gasteiger partial charge in [0.2, 0.25) is 0 Å². The van der Waals surface area contributed by atoms with Crippen LogP contribution in [0, 0.1) is 5.92 Å².